The molecule has 0 spiro atoms. The van der Waals surface area contributed by atoms with Crippen molar-refractivity contribution in [1.82, 2.24) is 0 Å². The number of halogens is 1. The molecule has 1 fully saturated rings. The van der Waals surface area contributed by atoms with Crippen molar-refractivity contribution in [3.05, 3.63) is 58.7 Å². The average Bonchev–Trinajstić information content (AvgIpc) is 3.05. The highest BCUT2D eigenvalue weighted by atomic mass is 32.1. The molecular formula is C22H22FN3O2S. The molecule has 7 heteroatoms. The minimum absolute atomic E-state index is 0.0390. The van der Waals surface area contributed by atoms with E-state index in [0.29, 0.717) is 10.6 Å². The molecule has 5 nitrogen and oxygen atoms in total. The third kappa shape index (κ3) is 3.96. The Hall–Kier alpha value is -2.93. The highest BCUT2D eigenvalue weighted by molar-refractivity contribution is 7.21. The van der Waals surface area contributed by atoms with E-state index in [1.165, 1.54) is 23.5 Å². The van der Waals surface area contributed by atoms with Gasteiger partial charge in [0.2, 0.25) is 5.91 Å². The van der Waals surface area contributed by atoms with Gasteiger partial charge in [-0.25, -0.2) is 4.39 Å². The van der Waals surface area contributed by atoms with Crippen LogP contribution in [0.15, 0.2) is 42.5 Å². The van der Waals surface area contributed by atoms with E-state index >= 15 is 0 Å². The molecule has 1 aromatic heterocycles. The molecule has 0 unspecified atom stereocenters. The second-order valence-corrected chi connectivity index (χ2v) is 8.41. The van der Waals surface area contributed by atoms with Crippen LogP contribution in [0.4, 0.5) is 15.8 Å². The number of fused-ring (bicyclic) bond motifs is 1. The molecule has 4 rings (SSSR count). The second-order valence-electron chi connectivity index (χ2n) is 7.36. The Labute approximate surface area is 172 Å². The predicted octanol–water partition coefficient (Wildman–Crippen LogP) is 4.30. The van der Waals surface area contributed by atoms with Crippen LogP contribution >= 0.6 is 11.3 Å². The Kier molecular flexibility index (Phi) is 5.24. The summed E-state index contributed by atoms with van der Waals surface area (Å²) in [5.41, 5.74) is 7.94. The number of carbonyl (C=O) groups excluding carboxylic acids is 2. The number of nitrogens with zero attached hydrogens (tertiary/aromatic N) is 1. The molecule has 1 aliphatic rings. The molecule has 0 saturated carbocycles. The zero-order valence-electron chi connectivity index (χ0n) is 16.1. The number of benzene rings is 2. The van der Waals surface area contributed by atoms with Crippen molar-refractivity contribution in [2.45, 2.75) is 19.8 Å². The van der Waals surface area contributed by atoms with E-state index < -0.39 is 0 Å². The van der Waals surface area contributed by atoms with Crippen LogP contribution in [0.25, 0.3) is 10.1 Å². The Morgan fingerprint density at radius 3 is 2.48 bits per heavy atom. The zero-order valence-corrected chi connectivity index (χ0v) is 16.9. The summed E-state index contributed by atoms with van der Waals surface area (Å²) in [7, 11) is 0. The standard InChI is InChI=1S/C22H22FN3O2S/c1-13-18-12-15(23)2-7-19(18)29-20(13)22(28)25-16-3-5-17(6-4-16)26-10-8-14(9-11-26)21(24)27/h2-7,12,14H,8-11H2,1H3,(H2,24,27)(H,25,28). The quantitative estimate of drug-likeness (QED) is 0.672. The lowest BCUT2D eigenvalue weighted by Crippen LogP contribution is -2.38. The van der Waals surface area contributed by atoms with Crippen molar-refractivity contribution in [3.63, 3.8) is 0 Å². The van der Waals surface area contributed by atoms with Gasteiger partial charge in [0, 0.05) is 35.1 Å². The van der Waals surface area contributed by atoms with Crippen LogP contribution in [0.3, 0.4) is 0 Å². The Balaban J connectivity index is 1.45. The van der Waals surface area contributed by atoms with Crippen LogP contribution in [-0.4, -0.2) is 24.9 Å². The predicted molar refractivity (Wildman–Crippen MR) is 115 cm³/mol. The first-order chi connectivity index (χ1) is 13.9. The van der Waals surface area contributed by atoms with Crippen molar-refractivity contribution in [2.24, 2.45) is 11.7 Å². The molecule has 0 radical (unpaired) electrons. The van der Waals surface area contributed by atoms with Crippen molar-refractivity contribution < 1.29 is 14.0 Å². The van der Waals surface area contributed by atoms with Gasteiger partial charge in [0.15, 0.2) is 0 Å². The lowest BCUT2D eigenvalue weighted by atomic mass is 9.96. The summed E-state index contributed by atoms with van der Waals surface area (Å²) in [6.07, 6.45) is 1.53. The number of primary amides is 1. The summed E-state index contributed by atoms with van der Waals surface area (Å²) in [5.74, 6) is -0.759. The van der Waals surface area contributed by atoms with E-state index in [1.54, 1.807) is 6.07 Å². The van der Waals surface area contributed by atoms with Crippen molar-refractivity contribution in [2.75, 3.05) is 23.3 Å². The normalized spacial score (nSPS) is 14.9. The van der Waals surface area contributed by atoms with Gasteiger partial charge in [0.05, 0.1) is 4.88 Å². The van der Waals surface area contributed by atoms with Crippen LogP contribution in [-0.2, 0) is 4.79 Å². The second kappa shape index (κ2) is 7.83. The summed E-state index contributed by atoms with van der Waals surface area (Å²) in [6, 6.07) is 12.3. The molecule has 150 valence electrons. The van der Waals surface area contributed by atoms with Crippen LogP contribution in [0.1, 0.15) is 28.1 Å². The van der Waals surface area contributed by atoms with Gasteiger partial charge in [-0.15, -0.1) is 11.3 Å². The Bertz CT molecular complexity index is 1070. The van der Waals surface area contributed by atoms with Gasteiger partial charge in [-0.05, 0) is 73.2 Å². The number of rotatable bonds is 4. The van der Waals surface area contributed by atoms with Gasteiger partial charge in [0.25, 0.3) is 5.91 Å². The molecule has 2 aromatic carbocycles. The summed E-state index contributed by atoms with van der Waals surface area (Å²) >= 11 is 1.36. The highest BCUT2D eigenvalue weighted by Gasteiger charge is 2.23. The summed E-state index contributed by atoms with van der Waals surface area (Å²) in [4.78, 5) is 26.8. The number of nitrogens with one attached hydrogen (secondary N) is 1. The van der Waals surface area contributed by atoms with Crippen molar-refractivity contribution >= 4 is 44.6 Å². The number of hydrogen-bond donors (Lipinski definition) is 2. The molecule has 3 aromatic rings. The maximum atomic E-state index is 13.5. The fraction of sp³-hybridized carbons (Fsp3) is 0.273. The molecule has 0 bridgehead atoms. The minimum Gasteiger partial charge on any atom is -0.371 e. The zero-order chi connectivity index (χ0) is 20.5. The molecule has 1 aliphatic heterocycles. The maximum absolute atomic E-state index is 13.5. The largest absolute Gasteiger partial charge is 0.371 e. The highest BCUT2D eigenvalue weighted by Crippen LogP contribution is 2.32. The lowest BCUT2D eigenvalue weighted by molar-refractivity contribution is -0.122. The van der Waals surface area contributed by atoms with E-state index in [1.807, 2.05) is 31.2 Å². The van der Waals surface area contributed by atoms with E-state index in [-0.39, 0.29) is 23.5 Å². The first kappa shape index (κ1) is 19.4. The molecule has 3 N–H and O–H groups in total. The van der Waals surface area contributed by atoms with Crippen LogP contribution < -0.4 is 16.0 Å². The van der Waals surface area contributed by atoms with E-state index in [2.05, 4.69) is 10.2 Å². The van der Waals surface area contributed by atoms with Gasteiger partial charge in [-0.3, -0.25) is 9.59 Å². The third-order valence-electron chi connectivity index (χ3n) is 5.49. The topological polar surface area (TPSA) is 75.4 Å². The molecule has 29 heavy (non-hydrogen) atoms. The Morgan fingerprint density at radius 2 is 1.83 bits per heavy atom. The number of piperidine rings is 1. The summed E-state index contributed by atoms with van der Waals surface area (Å²) < 4.78 is 14.4. The van der Waals surface area contributed by atoms with Crippen LogP contribution in [0.2, 0.25) is 0 Å². The molecule has 1 saturated heterocycles. The monoisotopic (exact) mass is 411 g/mol. The molecule has 2 amide bonds. The number of amides is 2. The first-order valence-corrected chi connectivity index (χ1v) is 10.4. The molecule has 0 atom stereocenters. The van der Waals surface area contributed by atoms with Crippen molar-refractivity contribution in [1.29, 1.82) is 0 Å². The fourth-order valence-electron chi connectivity index (χ4n) is 3.78. The maximum Gasteiger partial charge on any atom is 0.266 e. The van der Waals surface area contributed by atoms with Gasteiger partial charge in [-0.1, -0.05) is 0 Å². The van der Waals surface area contributed by atoms with E-state index in [4.69, 9.17) is 5.73 Å². The third-order valence-corrected chi connectivity index (χ3v) is 6.76. The summed E-state index contributed by atoms with van der Waals surface area (Å²) in [6.45, 7) is 3.42. The van der Waals surface area contributed by atoms with E-state index in [9.17, 15) is 14.0 Å². The number of hydrogen-bond acceptors (Lipinski definition) is 4. The van der Waals surface area contributed by atoms with Crippen LogP contribution in [0, 0.1) is 18.7 Å². The smallest absolute Gasteiger partial charge is 0.266 e. The molecule has 0 aliphatic carbocycles. The average molecular weight is 412 g/mol. The fourth-order valence-corrected chi connectivity index (χ4v) is 4.86. The first-order valence-electron chi connectivity index (χ1n) is 9.56. The summed E-state index contributed by atoms with van der Waals surface area (Å²) in [5, 5.41) is 3.70. The van der Waals surface area contributed by atoms with Gasteiger partial charge in [-0.2, -0.15) is 0 Å². The van der Waals surface area contributed by atoms with Gasteiger partial charge < -0.3 is 16.0 Å². The number of thiophene rings is 1. The number of carbonyl (C=O) groups is 2. The minimum atomic E-state index is -0.305. The van der Waals surface area contributed by atoms with Crippen LogP contribution in [0.5, 0.6) is 0 Å². The van der Waals surface area contributed by atoms with E-state index in [0.717, 1.165) is 47.3 Å². The number of aryl methyl sites for hydroxylation is 1. The Morgan fingerprint density at radius 1 is 1.14 bits per heavy atom. The van der Waals surface area contributed by atoms with Gasteiger partial charge >= 0.3 is 0 Å². The number of anilines is 2. The molecular weight excluding hydrogens is 389 g/mol. The number of nitrogens with two attached hydrogens (primary N) is 1. The molecule has 2 heterocycles. The SMILES string of the molecule is Cc1c(C(=O)Nc2ccc(N3CCC(C(N)=O)CC3)cc2)sc2ccc(F)cc12. The lowest BCUT2D eigenvalue weighted by Gasteiger charge is -2.32. The van der Waals surface area contributed by atoms with Crippen molar-refractivity contribution in [3.8, 4) is 0 Å². The van der Waals surface area contributed by atoms with Gasteiger partial charge in [0.1, 0.15) is 5.82 Å².